The molecule has 4 nitrogen and oxygen atoms in total. The molecule has 3 unspecified atom stereocenters. The maximum absolute atomic E-state index is 5.54. The van der Waals surface area contributed by atoms with E-state index in [1.54, 1.807) is 0 Å². The predicted molar refractivity (Wildman–Crippen MR) is 63.6 cm³/mol. The molecule has 2 aliphatic heterocycles. The monoisotopic (exact) mass is 228 g/mol. The van der Waals surface area contributed by atoms with Crippen molar-refractivity contribution in [3.05, 3.63) is 0 Å². The lowest BCUT2D eigenvalue weighted by molar-refractivity contribution is 0.0738. The van der Waals surface area contributed by atoms with Crippen LogP contribution in [0.4, 0.5) is 0 Å². The van der Waals surface area contributed by atoms with E-state index in [1.807, 2.05) is 0 Å². The molecule has 2 N–H and O–H groups in total. The third kappa shape index (κ3) is 3.70. The normalized spacial score (nSPS) is 35.4. The molecule has 0 aromatic carbocycles. The highest BCUT2D eigenvalue weighted by molar-refractivity contribution is 4.76. The van der Waals surface area contributed by atoms with Gasteiger partial charge in [0.2, 0.25) is 0 Å². The van der Waals surface area contributed by atoms with Crippen LogP contribution in [-0.4, -0.2) is 51.6 Å². The summed E-state index contributed by atoms with van der Waals surface area (Å²) >= 11 is 0. The van der Waals surface area contributed by atoms with E-state index >= 15 is 0 Å². The Bertz CT molecular complexity index is 195. The number of rotatable bonds is 5. The average Bonchev–Trinajstić information content (AvgIpc) is 2.72. The molecule has 94 valence electrons. The Hall–Kier alpha value is -0.160. The Kier molecular flexibility index (Phi) is 5.03. The van der Waals surface area contributed by atoms with E-state index in [9.17, 15) is 0 Å². The summed E-state index contributed by atoms with van der Waals surface area (Å²) in [6, 6.07) is 0.540. The molecule has 4 heteroatoms. The van der Waals surface area contributed by atoms with Crippen LogP contribution >= 0.6 is 0 Å². The maximum Gasteiger partial charge on any atom is 0.0620 e. The van der Waals surface area contributed by atoms with Crippen LogP contribution in [0, 0.1) is 5.92 Å². The Balaban J connectivity index is 1.51. The summed E-state index contributed by atoms with van der Waals surface area (Å²) in [5, 5.41) is 7.00. The van der Waals surface area contributed by atoms with Crippen LogP contribution in [0.3, 0.4) is 0 Å². The zero-order valence-corrected chi connectivity index (χ0v) is 10.2. The third-order valence-electron chi connectivity index (χ3n) is 3.61. The minimum atomic E-state index is 0.434. The molecule has 2 aliphatic rings. The molecule has 0 aliphatic carbocycles. The van der Waals surface area contributed by atoms with Gasteiger partial charge >= 0.3 is 0 Å². The number of morpholine rings is 1. The van der Waals surface area contributed by atoms with Crippen LogP contribution in [0.5, 0.6) is 0 Å². The summed E-state index contributed by atoms with van der Waals surface area (Å²) in [4.78, 5) is 0. The summed E-state index contributed by atoms with van der Waals surface area (Å²) in [6.45, 7) is 8.00. The van der Waals surface area contributed by atoms with Crippen molar-refractivity contribution in [3.8, 4) is 0 Å². The van der Waals surface area contributed by atoms with Gasteiger partial charge in [0.25, 0.3) is 0 Å². The van der Waals surface area contributed by atoms with Crippen molar-refractivity contribution in [3.63, 3.8) is 0 Å². The van der Waals surface area contributed by atoms with E-state index in [4.69, 9.17) is 9.47 Å². The van der Waals surface area contributed by atoms with Crippen LogP contribution in [0.15, 0.2) is 0 Å². The first-order valence-corrected chi connectivity index (χ1v) is 6.49. The molecule has 0 spiro atoms. The molecule has 2 rings (SSSR count). The van der Waals surface area contributed by atoms with Gasteiger partial charge in [-0.3, -0.25) is 0 Å². The molecule has 3 atom stereocenters. The Morgan fingerprint density at radius 3 is 3.00 bits per heavy atom. The van der Waals surface area contributed by atoms with Gasteiger partial charge in [0.15, 0.2) is 0 Å². The first-order valence-electron chi connectivity index (χ1n) is 6.49. The van der Waals surface area contributed by atoms with Gasteiger partial charge in [0.05, 0.1) is 19.3 Å². The van der Waals surface area contributed by atoms with Crippen molar-refractivity contribution in [2.75, 3.05) is 39.5 Å². The van der Waals surface area contributed by atoms with Gasteiger partial charge in [-0.2, -0.15) is 0 Å². The van der Waals surface area contributed by atoms with E-state index in [0.717, 1.165) is 45.9 Å². The fourth-order valence-electron chi connectivity index (χ4n) is 2.41. The van der Waals surface area contributed by atoms with Gasteiger partial charge in [-0.1, -0.05) is 0 Å². The minimum absolute atomic E-state index is 0.434. The molecule has 0 aromatic rings. The lowest BCUT2D eigenvalue weighted by Crippen LogP contribution is -2.43. The van der Waals surface area contributed by atoms with E-state index < -0.39 is 0 Å². The first kappa shape index (κ1) is 12.3. The van der Waals surface area contributed by atoms with Gasteiger partial charge in [-0.25, -0.2) is 0 Å². The highest BCUT2D eigenvalue weighted by Crippen LogP contribution is 2.19. The Morgan fingerprint density at radius 1 is 1.38 bits per heavy atom. The van der Waals surface area contributed by atoms with Gasteiger partial charge < -0.3 is 20.1 Å². The lowest BCUT2D eigenvalue weighted by atomic mass is 10.0. The minimum Gasteiger partial charge on any atom is -0.379 e. The van der Waals surface area contributed by atoms with Crippen LogP contribution < -0.4 is 10.6 Å². The zero-order chi connectivity index (χ0) is 11.2. The second kappa shape index (κ2) is 6.55. The Morgan fingerprint density at radius 2 is 2.31 bits per heavy atom. The van der Waals surface area contributed by atoms with Crippen molar-refractivity contribution in [2.24, 2.45) is 5.92 Å². The molecule has 0 bridgehead atoms. The molecule has 2 saturated heterocycles. The molecule has 0 saturated carbocycles. The topological polar surface area (TPSA) is 42.5 Å². The van der Waals surface area contributed by atoms with Crippen molar-refractivity contribution < 1.29 is 9.47 Å². The fourth-order valence-corrected chi connectivity index (χ4v) is 2.41. The highest BCUT2D eigenvalue weighted by atomic mass is 16.5. The average molecular weight is 228 g/mol. The summed E-state index contributed by atoms with van der Waals surface area (Å²) < 4.78 is 11.0. The van der Waals surface area contributed by atoms with E-state index in [-0.39, 0.29) is 0 Å². The third-order valence-corrected chi connectivity index (χ3v) is 3.61. The maximum atomic E-state index is 5.54. The number of hydrogen-bond donors (Lipinski definition) is 2. The van der Waals surface area contributed by atoms with Crippen molar-refractivity contribution in [1.29, 1.82) is 0 Å². The molecule has 0 amide bonds. The van der Waals surface area contributed by atoms with Gasteiger partial charge in [0.1, 0.15) is 0 Å². The van der Waals surface area contributed by atoms with Crippen LogP contribution in [0.25, 0.3) is 0 Å². The van der Waals surface area contributed by atoms with Gasteiger partial charge in [-0.15, -0.1) is 0 Å². The second-order valence-corrected chi connectivity index (χ2v) is 4.84. The summed E-state index contributed by atoms with van der Waals surface area (Å²) in [5.41, 5.74) is 0. The summed E-state index contributed by atoms with van der Waals surface area (Å²) in [7, 11) is 0. The van der Waals surface area contributed by atoms with Crippen molar-refractivity contribution in [2.45, 2.75) is 31.9 Å². The zero-order valence-electron chi connectivity index (χ0n) is 10.2. The molecule has 16 heavy (non-hydrogen) atoms. The van der Waals surface area contributed by atoms with Gasteiger partial charge in [0, 0.05) is 25.7 Å². The van der Waals surface area contributed by atoms with Crippen LogP contribution in [0.2, 0.25) is 0 Å². The molecule has 2 fully saturated rings. The number of hydrogen-bond acceptors (Lipinski definition) is 4. The smallest absolute Gasteiger partial charge is 0.0620 e. The Labute approximate surface area is 98.1 Å². The van der Waals surface area contributed by atoms with E-state index in [1.165, 1.54) is 6.42 Å². The predicted octanol–water partition coefficient (Wildman–Crippen LogP) is 0.380. The molecular weight excluding hydrogens is 204 g/mol. The van der Waals surface area contributed by atoms with Crippen LogP contribution in [0.1, 0.15) is 19.8 Å². The van der Waals surface area contributed by atoms with Crippen LogP contribution in [-0.2, 0) is 9.47 Å². The SMILES string of the molecule is CC1OCCC1CNCCC1COCCN1. The van der Waals surface area contributed by atoms with Crippen molar-refractivity contribution >= 4 is 0 Å². The standard InChI is InChI=1S/C12H24N2O2/c1-10-11(3-6-16-10)8-13-4-2-12-9-15-7-5-14-12/h10-14H,2-9H2,1H3. The number of nitrogens with one attached hydrogen (secondary N) is 2. The molecular formula is C12H24N2O2. The molecule has 0 radical (unpaired) electrons. The first-order chi connectivity index (χ1) is 7.86. The van der Waals surface area contributed by atoms with Gasteiger partial charge in [-0.05, 0) is 32.2 Å². The fraction of sp³-hybridized carbons (Fsp3) is 1.00. The summed E-state index contributed by atoms with van der Waals surface area (Å²) in [5.74, 6) is 0.704. The largest absolute Gasteiger partial charge is 0.379 e. The van der Waals surface area contributed by atoms with E-state index in [0.29, 0.717) is 18.1 Å². The quantitative estimate of drug-likeness (QED) is 0.668. The lowest BCUT2D eigenvalue weighted by Gasteiger charge is -2.24. The summed E-state index contributed by atoms with van der Waals surface area (Å²) in [6.07, 6.45) is 2.80. The van der Waals surface area contributed by atoms with E-state index in [2.05, 4.69) is 17.6 Å². The molecule has 0 aromatic heterocycles. The number of ether oxygens (including phenoxy) is 2. The van der Waals surface area contributed by atoms with Crippen molar-refractivity contribution in [1.82, 2.24) is 10.6 Å². The second-order valence-electron chi connectivity index (χ2n) is 4.84. The highest BCUT2D eigenvalue weighted by Gasteiger charge is 2.23. The molecule has 2 heterocycles.